The molecule has 1 unspecified atom stereocenters. The Balaban J connectivity index is 3.82. The van der Waals surface area contributed by atoms with Gasteiger partial charge >= 0.3 is 11.9 Å². The second-order valence-electron chi connectivity index (χ2n) is 2.25. The average molecular weight is 239 g/mol. The standard InChI is InChI=1S/C7H11BrO4/c1-2-5(3-6(9)10)12-7(11)4-8/h5H,2-4H2,1H3,(H,9,10). The minimum atomic E-state index is -0.954. The summed E-state index contributed by atoms with van der Waals surface area (Å²) in [6, 6.07) is 0. The lowest BCUT2D eigenvalue weighted by Crippen LogP contribution is -2.21. The maximum absolute atomic E-state index is 10.7. The monoisotopic (exact) mass is 238 g/mol. The van der Waals surface area contributed by atoms with E-state index in [-0.39, 0.29) is 11.8 Å². The molecule has 0 aliphatic heterocycles. The van der Waals surface area contributed by atoms with E-state index in [2.05, 4.69) is 15.9 Å². The first-order valence-corrected chi connectivity index (χ1v) is 4.69. The molecule has 0 saturated carbocycles. The van der Waals surface area contributed by atoms with Gasteiger partial charge in [0.05, 0.1) is 6.42 Å². The third-order valence-electron chi connectivity index (χ3n) is 1.26. The Bertz CT molecular complexity index is 169. The number of esters is 1. The van der Waals surface area contributed by atoms with Crippen LogP contribution < -0.4 is 0 Å². The molecule has 0 saturated heterocycles. The van der Waals surface area contributed by atoms with Gasteiger partial charge in [-0.05, 0) is 6.42 Å². The third kappa shape index (κ3) is 5.12. The topological polar surface area (TPSA) is 63.6 Å². The number of carboxylic acid groups (broad SMARTS) is 1. The highest BCUT2D eigenvalue weighted by atomic mass is 79.9. The smallest absolute Gasteiger partial charge is 0.316 e. The number of carbonyl (C=O) groups excluding carboxylic acids is 1. The Morgan fingerprint density at radius 1 is 1.58 bits per heavy atom. The summed E-state index contributed by atoms with van der Waals surface area (Å²) < 4.78 is 4.79. The van der Waals surface area contributed by atoms with E-state index in [1.54, 1.807) is 6.92 Å². The maximum Gasteiger partial charge on any atom is 0.316 e. The highest BCUT2D eigenvalue weighted by molar-refractivity contribution is 9.09. The fraction of sp³-hybridized carbons (Fsp3) is 0.714. The Labute approximate surface area is 79.0 Å². The average Bonchev–Trinajstić information content (AvgIpc) is 2.02. The molecule has 70 valence electrons. The van der Waals surface area contributed by atoms with Crippen LogP contribution in [0.3, 0.4) is 0 Å². The zero-order valence-electron chi connectivity index (χ0n) is 6.75. The number of hydrogen-bond acceptors (Lipinski definition) is 3. The van der Waals surface area contributed by atoms with Crippen molar-refractivity contribution in [3.05, 3.63) is 0 Å². The molecule has 1 N–H and O–H groups in total. The first-order chi connectivity index (χ1) is 5.60. The molecular formula is C7H11BrO4. The van der Waals surface area contributed by atoms with Gasteiger partial charge in [0.2, 0.25) is 0 Å². The highest BCUT2D eigenvalue weighted by Crippen LogP contribution is 2.04. The molecule has 0 spiro atoms. The maximum atomic E-state index is 10.7. The van der Waals surface area contributed by atoms with Crippen LogP contribution in [0.2, 0.25) is 0 Å². The molecule has 0 fully saturated rings. The van der Waals surface area contributed by atoms with Crippen LogP contribution in [0.25, 0.3) is 0 Å². The van der Waals surface area contributed by atoms with E-state index >= 15 is 0 Å². The minimum absolute atomic E-state index is 0.100. The number of halogens is 1. The van der Waals surface area contributed by atoms with E-state index in [9.17, 15) is 9.59 Å². The first-order valence-electron chi connectivity index (χ1n) is 3.57. The molecule has 0 radical (unpaired) electrons. The van der Waals surface area contributed by atoms with Crippen molar-refractivity contribution < 1.29 is 19.4 Å². The number of rotatable bonds is 5. The summed E-state index contributed by atoms with van der Waals surface area (Å²) >= 11 is 2.92. The molecule has 0 aliphatic carbocycles. The van der Waals surface area contributed by atoms with Gasteiger partial charge in [0.25, 0.3) is 0 Å². The van der Waals surface area contributed by atoms with Gasteiger partial charge in [-0.3, -0.25) is 9.59 Å². The summed E-state index contributed by atoms with van der Waals surface area (Å²) in [6.45, 7) is 1.77. The van der Waals surface area contributed by atoms with Crippen molar-refractivity contribution in [3.63, 3.8) is 0 Å². The van der Waals surface area contributed by atoms with Crippen molar-refractivity contribution in [3.8, 4) is 0 Å². The molecule has 0 aromatic carbocycles. The first kappa shape index (κ1) is 11.4. The van der Waals surface area contributed by atoms with Crippen molar-refractivity contribution in [2.45, 2.75) is 25.9 Å². The lowest BCUT2D eigenvalue weighted by Gasteiger charge is -2.12. The van der Waals surface area contributed by atoms with Crippen molar-refractivity contribution in [2.75, 3.05) is 5.33 Å². The van der Waals surface area contributed by atoms with Crippen LogP contribution in [0.5, 0.6) is 0 Å². The predicted octanol–water partition coefficient (Wildman–Crippen LogP) is 1.18. The molecule has 0 aromatic rings. The van der Waals surface area contributed by atoms with Crippen LogP contribution in [-0.2, 0) is 14.3 Å². The number of carbonyl (C=O) groups is 2. The van der Waals surface area contributed by atoms with Gasteiger partial charge in [0.15, 0.2) is 0 Å². The molecule has 5 heteroatoms. The summed E-state index contributed by atoms with van der Waals surface area (Å²) in [6.07, 6.45) is -0.118. The number of carboxylic acids is 1. The van der Waals surface area contributed by atoms with Gasteiger partial charge in [-0.1, -0.05) is 22.9 Å². The number of aliphatic carboxylic acids is 1. The van der Waals surface area contributed by atoms with E-state index < -0.39 is 18.0 Å². The molecule has 0 aliphatic rings. The van der Waals surface area contributed by atoms with Crippen LogP contribution in [-0.4, -0.2) is 28.5 Å². The normalized spacial score (nSPS) is 12.2. The van der Waals surface area contributed by atoms with E-state index in [0.29, 0.717) is 6.42 Å². The van der Waals surface area contributed by atoms with Crippen LogP contribution in [0.4, 0.5) is 0 Å². The molecule has 0 bridgehead atoms. The Hall–Kier alpha value is -0.580. The van der Waals surface area contributed by atoms with Gasteiger partial charge in [0, 0.05) is 0 Å². The van der Waals surface area contributed by atoms with E-state index in [1.165, 1.54) is 0 Å². The van der Waals surface area contributed by atoms with Gasteiger partial charge in [-0.2, -0.15) is 0 Å². The molecule has 0 rings (SSSR count). The number of alkyl halides is 1. The van der Waals surface area contributed by atoms with Gasteiger partial charge in [-0.25, -0.2) is 0 Å². The summed E-state index contributed by atoms with van der Waals surface area (Å²) in [5, 5.41) is 8.50. The van der Waals surface area contributed by atoms with Crippen molar-refractivity contribution in [2.24, 2.45) is 0 Å². The fourth-order valence-corrected chi connectivity index (χ4v) is 0.814. The Morgan fingerprint density at radius 2 is 2.17 bits per heavy atom. The summed E-state index contributed by atoms with van der Waals surface area (Å²) in [5.74, 6) is -1.38. The lowest BCUT2D eigenvalue weighted by atomic mass is 10.2. The number of hydrogen-bond donors (Lipinski definition) is 1. The molecular weight excluding hydrogens is 228 g/mol. The van der Waals surface area contributed by atoms with Crippen LogP contribution in [0.15, 0.2) is 0 Å². The molecule has 0 heterocycles. The molecule has 1 atom stereocenters. The van der Waals surface area contributed by atoms with Crippen LogP contribution in [0, 0.1) is 0 Å². The van der Waals surface area contributed by atoms with Gasteiger partial charge < -0.3 is 9.84 Å². The zero-order valence-corrected chi connectivity index (χ0v) is 8.33. The Kier molecular flexibility index (Phi) is 5.70. The van der Waals surface area contributed by atoms with Crippen molar-refractivity contribution >= 4 is 27.9 Å². The van der Waals surface area contributed by atoms with E-state index in [4.69, 9.17) is 9.84 Å². The fourth-order valence-electron chi connectivity index (χ4n) is 0.681. The van der Waals surface area contributed by atoms with Crippen LogP contribution in [0.1, 0.15) is 19.8 Å². The second kappa shape index (κ2) is 5.99. The minimum Gasteiger partial charge on any atom is -0.481 e. The third-order valence-corrected chi connectivity index (χ3v) is 1.72. The quantitative estimate of drug-likeness (QED) is 0.577. The molecule has 0 aromatic heterocycles. The molecule has 4 nitrogen and oxygen atoms in total. The van der Waals surface area contributed by atoms with Crippen molar-refractivity contribution in [1.29, 1.82) is 0 Å². The molecule has 12 heavy (non-hydrogen) atoms. The summed E-state index contributed by atoms with van der Waals surface area (Å²) in [7, 11) is 0. The SMILES string of the molecule is CCC(CC(=O)O)OC(=O)CBr. The van der Waals surface area contributed by atoms with Crippen molar-refractivity contribution in [1.82, 2.24) is 0 Å². The number of ether oxygens (including phenoxy) is 1. The van der Waals surface area contributed by atoms with Gasteiger partial charge in [-0.15, -0.1) is 0 Å². The highest BCUT2D eigenvalue weighted by Gasteiger charge is 2.14. The van der Waals surface area contributed by atoms with Gasteiger partial charge in [0.1, 0.15) is 11.4 Å². The largest absolute Gasteiger partial charge is 0.481 e. The summed E-state index contributed by atoms with van der Waals surface area (Å²) in [5.41, 5.74) is 0. The second-order valence-corrected chi connectivity index (χ2v) is 2.81. The predicted molar refractivity (Wildman–Crippen MR) is 46.2 cm³/mol. The van der Waals surface area contributed by atoms with E-state index in [0.717, 1.165) is 0 Å². The van der Waals surface area contributed by atoms with E-state index in [1.807, 2.05) is 0 Å². The Morgan fingerprint density at radius 3 is 2.50 bits per heavy atom. The molecule has 0 amide bonds. The zero-order chi connectivity index (χ0) is 9.56. The lowest BCUT2D eigenvalue weighted by molar-refractivity contribution is -0.150. The summed E-state index contributed by atoms with van der Waals surface area (Å²) in [4.78, 5) is 20.9. The van der Waals surface area contributed by atoms with Crippen LogP contribution >= 0.6 is 15.9 Å².